The van der Waals surface area contributed by atoms with Crippen molar-refractivity contribution in [3.8, 4) is 5.69 Å². The van der Waals surface area contributed by atoms with E-state index in [1.807, 2.05) is 32.0 Å². The molecule has 0 unspecified atom stereocenters. The maximum Gasteiger partial charge on any atom is 0.272 e. The zero-order valence-corrected chi connectivity index (χ0v) is 15.9. The molecule has 25 heavy (non-hydrogen) atoms. The molecule has 2 aromatic heterocycles. The third-order valence-corrected chi connectivity index (χ3v) is 4.43. The Morgan fingerprint density at radius 2 is 1.92 bits per heavy atom. The summed E-state index contributed by atoms with van der Waals surface area (Å²) < 4.78 is 7.92. The van der Waals surface area contributed by atoms with E-state index in [2.05, 4.69) is 31.0 Å². The molecule has 0 atom stereocenters. The number of halogens is 2. The van der Waals surface area contributed by atoms with E-state index in [-0.39, 0.29) is 0 Å². The second-order valence-corrected chi connectivity index (χ2v) is 6.65. The number of carbonyl (C=O) groups is 1. The van der Waals surface area contributed by atoms with E-state index in [0.717, 1.165) is 17.1 Å². The van der Waals surface area contributed by atoms with Crippen LogP contribution in [0.3, 0.4) is 0 Å². The largest absolute Gasteiger partial charge is 0.448 e. The first-order valence-electron chi connectivity index (χ1n) is 7.49. The van der Waals surface area contributed by atoms with Crippen molar-refractivity contribution in [1.29, 1.82) is 0 Å². The van der Waals surface area contributed by atoms with E-state index >= 15 is 0 Å². The molecule has 128 valence electrons. The summed E-state index contributed by atoms with van der Waals surface area (Å²) in [6, 6.07) is 12.8. The molecule has 1 amide bonds. The highest BCUT2D eigenvalue weighted by Gasteiger charge is 2.13. The number of nitrogens with zero attached hydrogens (tertiary/aromatic N) is 2. The summed E-state index contributed by atoms with van der Waals surface area (Å²) in [6.45, 7) is 4.01. The highest BCUT2D eigenvalue weighted by Crippen LogP contribution is 2.23. The van der Waals surface area contributed by atoms with Gasteiger partial charge in [-0.2, -0.15) is 5.10 Å². The molecule has 0 aliphatic heterocycles. The Hall–Kier alpha value is -2.31. The Kier molecular flexibility index (Phi) is 5.11. The summed E-state index contributed by atoms with van der Waals surface area (Å²) in [4.78, 5) is 12.4. The summed E-state index contributed by atoms with van der Waals surface area (Å²) in [6.07, 6.45) is 1.42. The number of hydrazone groups is 1. The molecule has 0 radical (unpaired) electrons. The lowest BCUT2D eigenvalue weighted by atomic mass is 10.2. The SMILES string of the molecule is Cc1ccc(C)n1-c1ccc(Cl)c(C(=O)NN=Cc2ccc(Br)o2)c1. The van der Waals surface area contributed by atoms with Gasteiger partial charge in [-0.05, 0) is 72.2 Å². The number of amides is 1. The van der Waals surface area contributed by atoms with Crippen LogP contribution in [0.25, 0.3) is 5.69 Å². The monoisotopic (exact) mass is 419 g/mol. The lowest BCUT2D eigenvalue weighted by Crippen LogP contribution is -2.18. The van der Waals surface area contributed by atoms with Crippen molar-refractivity contribution in [2.45, 2.75) is 13.8 Å². The zero-order valence-electron chi connectivity index (χ0n) is 13.6. The average Bonchev–Trinajstić information content (AvgIpc) is 3.14. The topological polar surface area (TPSA) is 59.5 Å². The normalized spacial score (nSPS) is 11.2. The Bertz CT molecular complexity index is 940. The molecule has 1 aromatic carbocycles. The number of aromatic nitrogens is 1. The fourth-order valence-electron chi connectivity index (χ4n) is 2.51. The lowest BCUT2D eigenvalue weighted by Gasteiger charge is -2.11. The number of hydrogen-bond donors (Lipinski definition) is 1. The lowest BCUT2D eigenvalue weighted by molar-refractivity contribution is 0.0955. The Balaban J connectivity index is 1.83. The highest BCUT2D eigenvalue weighted by atomic mass is 79.9. The Labute approximate surface area is 158 Å². The number of furan rings is 1. The van der Waals surface area contributed by atoms with Gasteiger partial charge in [0.15, 0.2) is 4.67 Å². The molecule has 3 aromatic rings. The summed E-state index contributed by atoms with van der Waals surface area (Å²) in [5.41, 5.74) is 5.83. The summed E-state index contributed by atoms with van der Waals surface area (Å²) in [7, 11) is 0. The number of nitrogens with one attached hydrogen (secondary N) is 1. The molecule has 0 bridgehead atoms. The van der Waals surface area contributed by atoms with Crippen molar-refractivity contribution in [3.05, 3.63) is 74.9 Å². The third-order valence-electron chi connectivity index (χ3n) is 3.68. The van der Waals surface area contributed by atoms with Crippen molar-refractivity contribution < 1.29 is 9.21 Å². The minimum Gasteiger partial charge on any atom is -0.448 e. The molecule has 0 aliphatic carbocycles. The van der Waals surface area contributed by atoms with Gasteiger partial charge in [0.25, 0.3) is 5.91 Å². The predicted octanol–water partition coefficient (Wildman–Crippen LogP) is 4.87. The van der Waals surface area contributed by atoms with Crippen LogP contribution in [0.15, 0.2) is 56.7 Å². The third kappa shape index (κ3) is 3.86. The molecule has 0 spiro atoms. The minimum atomic E-state index is -0.392. The van der Waals surface area contributed by atoms with Crippen LogP contribution in [0.4, 0.5) is 0 Å². The standard InChI is InChI=1S/C18H15BrClN3O2/c1-11-3-4-12(2)23(11)13-5-7-16(20)15(9-13)18(24)22-21-10-14-6-8-17(19)25-14/h3-10H,1-2H3,(H,22,24). The second kappa shape index (κ2) is 7.29. The summed E-state index contributed by atoms with van der Waals surface area (Å²) in [5.74, 6) is 0.127. The number of benzene rings is 1. The van der Waals surface area contributed by atoms with Crippen LogP contribution in [0.1, 0.15) is 27.5 Å². The minimum absolute atomic E-state index is 0.351. The van der Waals surface area contributed by atoms with Gasteiger partial charge in [-0.1, -0.05) is 11.6 Å². The number of carbonyl (C=O) groups excluding carboxylic acids is 1. The van der Waals surface area contributed by atoms with Crippen molar-refractivity contribution in [2.24, 2.45) is 5.10 Å². The molecule has 0 saturated heterocycles. The first-order valence-corrected chi connectivity index (χ1v) is 8.66. The molecular formula is C18H15BrClN3O2. The van der Waals surface area contributed by atoms with Crippen LogP contribution in [-0.2, 0) is 0 Å². The van der Waals surface area contributed by atoms with E-state index in [4.69, 9.17) is 16.0 Å². The van der Waals surface area contributed by atoms with Crippen LogP contribution >= 0.6 is 27.5 Å². The molecule has 1 N–H and O–H groups in total. The maximum absolute atomic E-state index is 12.4. The molecule has 5 nitrogen and oxygen atoms in total. The van der Waals surface area contributed by atoms with Gasteiger partial charge < -0.3 is 8.98 Å². The maximum atomic E-state index is 12.4. The first kappa shape index (κ1) is 17.5. The van der Waals surface area contributed by atoms with Gasteiger partial charge in [0.1, 0.15) is 5.76 Å². The Morgan fingerprint density at radius 1 is 1.20 bits per heavy atom. The van der Waals surface area contributed by atoms with E-state index in [9.17, 15) is 4.79 Å². The first-order chi connectivity index (χ1) is 12.0. The van der Waals surface area contributed by atoms with Crippen LogP contribution < -0.4 is 5.43 Å². The van der Waals surface area contributed by atoms with Gasteiger partial charge >= 0.3 is 0 Å². The summed E-state index contributed by atoms with van der Waals surface area (Å²) >= 11 is 9.39. The van der Waals surface area contributed by atoms with E-state index < -0.39 is 5.91 Å². The van der Waals surface area contributed by atoms with Crippen LogP contribution in [0.5, 0.6) is 0 Å². The number of rotatable bonds is 4. The Morgan fingerprint density at radius 3 is 2.56 bits per heavy atom. The molecule has 7 heteroatoms. The van der Waals surface area contributed by atoms with Crippen molar-refractivity contribution in [2.75, 3.05) is 0 Å². The number of hydrogen-bond acceptors (Lipinski definition) is 3. The van der Waals surface area contributed by atoms with Crippen molar-refractivity contribution in [3.63, 3.8) is 0 Å². The average molecular weight is 421 g/mol. The molecule has 3 rings (SSSR count). The zero-order chi connectivity index (χ0) is 18.0. The van der Waals surface area contributed by atoms with Crippen LogP contribution in [0, 0.1) is 13.8 Å². The predicted molar refractivity (Wildman–Crippen MR) is 102 cm³/mol. The molecule has 0 saturated carbocycles. The molecule has 0 fully saturated rings. The van der Waals surface area contributed by atoms with Gasteiger partial charge in [-0.25, -0.2) is 5.43 Å². The molecule has 2 heterocycles. The van der Waals surface area contributed by atoms with Gasteiger partial charge in [0, 0.05) is 17.1 Å². The fourth-order valence-corrected chi connectivity index (χ4v) is 3.04. The van der Waals surface area contributed by atoms with E-state index in [0.29, 0.717) is 21.0 Å². The quantitative estimate of drug-likeness (QED) is 0.484. The second-order valence-electron chi connectivity index (χ2n) is 5.46. The molecule has 0 aliphatic rings. The summed E-state index contributed by atoms with van der Waals surface area (Å²) in [5, 5.41) is 4.26. The highest BCUT2D eigenvalue weighted by molar-refractivity contribution is 9.10. The van der Waals surface area contributed by atoms with Crippen molar-refractivity contribution >= 4 is 39.7 Å². The van der Waals surface area contributed by atoms with Gasteiger partial charge in [-0.15, -0.1) is 0 Å². The van der Waals surface area contributed by atoms with E-state index in [1.165, 1.54) is 6.21 Å². The van der Waals surface area contributed by atoms with Crippen LogP contribution in [0.2, 0.25) is 5.02 Å². The van der Waals surface area contributed by atoms with Crippen LogP contribution in [-0.4, -0.2) is 16.7 Å². The number of aryl methyl sites for hydroxylation is 2. The van der Waals surface area contributed by atoms with E-state index in [1.54, 1.807) is 24.3 Å². The van der Waals surface area contributed by atoms with Crippen molar-refractivity contribution in [1.82, 2.24) is 9.99 Å². The fraction of sp³-hybridized carbons (Fsp3) is 0.111. The molecular weight excluding hydrogens is 406 g/mol. The van der Waals surface area contributed by atoms with Gasteiger partial charge in [-0.3, -0.25) is 4.79 Å². The smallest absolute Gasteiger partial charge is 0.272 e. The van der Waals surface area contributed by atoms with Gasteiger partial charge in [0.05, 0.1) is 16.8 Å². The van der Waals surface area contributed by atoms with Gasteiger partial charge in [0.2, 0.25) is 0 Å².